The summed E-state index contributed by atoms with van der Waals surface area (Å²) >= 11 is 0. The minimum absolute atomic E-state index is 0.353. The Bertz CT molecular complexity index is 1440. The monoisotopic (exact) mass is 318 g/mol. The Hall–Kier alpha value is -3.32. The van der Waals surface area contributed by atoms with Gasteiger partial charge in [-0.3, -0.25) is 0 Å². The average Bonchev–Trinajstić information content (AvgIpc) is 2.67. The van der Waals surface area contributed by atoms with E-state index in [0.29, 0.717) is 5.75 Å². The molecule has 116 valence electrons. The minimum atomic E-state index is 0.353. The van der Waals surface area contributed by atoms with E-state index < -0.39 is 0 Å². The molecule has 0 aromatic heterocycles. The van der Waals surface area contributed by atoms with E-state index >= 15 is 0 Å². The maximum Gasteiger partial charge on any atom is 0.124 e. The Kier molecular flexibility index (Phi) is 2.29. The lowest BCUT2D eigenvalue weighted by Crippen LogP contribution is -1.88. The fourth-order valence-corrected chi connectivity index (χ4v) is 4.43. The second-order valence-corrected chi connectivity index (χ2v) is 6.74. The van der Waals surface area contributed by atoms with Gasteiger partial charge in [-0.15, -0.1) is 0 Å². The first-order valence-corrected chi connectivity index (χ1v) is 8.53. The summed E-state index contributed by atoms with van der Waals surface area (Å²) in [7, 11) is 0. The molecule has 6 aromatic carbocycles. The maximum atomic E-state index is 10.7. The van der Waals surface area contributed by atoms with Gasteiger partial charge in [0.2, 0.25) is 0 Å². The number of phenolic OH excluding ortho intramolecular Hbond substituents is 1. The van der Waals surface area contributed by atoms with Gasteiger partial charge in [-0.25, -0.2) is 0 Å². The Labute approximate surface area is 144 Å². The fraction of sp³-hybridized carbons (Fsp3) is 0. The van der Waals surface area contributed by atoms with Crippen molar-refractivity contribution in [2.45, 2.75) is 0 Å². The molecule has 25 heavy (non-hydrogen) atoms. The number of hydrogen-bond donors (Lipinski definition) is 1. The van der Waals surface area contributed by atoms with Crippen molar-refractivity contribution in [3.8, 4) is 5.75 Å². The van der Waals surface area contributed by atoms with E-state index in [4.69, 9.17) is 0 Å². The third-order valence-electron chi connectivity index (χ3n) is 5.47. The molecule has 0 spiro atoms. The van der Waals surface area contributed by atoms with Gasteiger partial charge in [-0.2, -0.15) is 0 Å². The lowest BCUT2D eigenvalue weighted by atomic mass is 9.87. The molecule has 0 fully saturated rings. The van der Waals surface area contributed by atoms with Gasteiger partial charge in [0.05, 0.1) is 0 Å². The minimum Gasteiger partial charge on any atom is -0.507 e. The molecule has 0 aliphatic carbocycles. The maximum absolute atomic E-state index is 10.7. The SMILES string of the molecule is Oc1ccc2ccc3c4ccccc4cc4c5ccccc5c1c2c34. The predicted octanol–water partition coefficient (Wildman–Crippen LogP) is 6.60. The number of rotatable bonds is 0. The largest absolute Gasteiger partial charge is 0.507 e. The van der Waals surface area contributed by atoms with Gasteiger partial charge in [0.1, 0.15) is 5.75 Å². The van der Waals surface area contributed by atoms with Crippen molar-refractivity contribution in [2.24, 2.45) is 0 Å². The van der Waals surface area contributed by atoms with Crippen LogP contribution in [0, 0.1) is 0 Å². The van der Waals surface area contributed by atoms with Gasteiger partial charge in [0, 0.05) is 10.8 Å². The summed E-state index contributed by atoms with van der Waals surface area (Å²) in [6.45, 7) is 0. The van der Waals surface area contributed by atoms with Crippen LogP contribution in [-0.4, -0.2) is 5.11 Å². The van der Waals surface area contributed by atoms with Crippen LogP contribution >= 0.6 is 0 Å². The third-order valence-corrected chi connectivity index (χ3v) is 5.47. The van der Waals surface area contributed by atoms with Crippen LogP contribution in [0.1, 0.15) is 0 Å². The van der Waals surface area contributed by atoms with E-state index in [0.717, 1.165) is 16.2 Å². The lowest BCUT2D eigenvalue weighted by molar-refractivity contribution is 0.482. The molecule has 1 N–H and O–H groups in total. The second-order valence-electron chi connectivity index (χ2n) is 6.74. The summed E-state index contributed by atoms with van der Waals surface area (Å²) in [4.78, 5) is 0. The lowest BCUT2D eigenvalue weighted by Gasteiger charge is -2.17. The summed E-state index contributed by atoms with van der Waals surface area (Å²) in [5.74, 6) is 0.353. The smallest absolute Gasteiger partial charge is 0.124 e. The number of benzene rings is 6. The van der Waals surface area contributed by atoms with Crippen LogP contribution in [-0.2, 0) is 0 Å². The van der Waals surface area contributed by atoms with Gasteiger partial charge >= 0.3 is 0 Å². The van der Waals surface area contributed by atoms with Crippen LogP contribution in [0.3, 0.4) is 0 Å². The second kappa shape index (κ2) is 4.40. The highest BCUT2D eigenvalue weighted by molar-refractivity contribution is 6.38. The molecule has 0 amide bonds. The molecule has 0 saturated heterocycles. The summed E-state index contributed by atoms with van der Waals surface area (Å²) in [6.07, 6.45) is 0. The van der Waals surface area contributed by atoms with Crippen molar-refractivity contribution in [3.63, 3.8) is 0 Å². The van der Waals surface area contributed by atoms with Gasteiger partial charge < -0.3 is 5.11 Å². The van der Waals surface area contributed by atoms with E-state index in [1.54, 1.807) is 0 Å². The van der Waals surface area contributed by atoms with E-state index in [2.05, 4.69) is 60.7 Å². The number of fused-ring (bicyclic) bond motifs is 5. The normalized spacial score (nSPS) is 12.2. The summed E-state index contributed by atoms with van der Waals surface area (Å²) < 4.78 is 0. The first-order chi connectivity index (χ1) is 12.3. The number of phenols is 1. The molecular weight excluding hydrogens is 304 g/mol. The standard InChI is InChI=1S/C24H14O/c25-21-12-10-14-9-11-19-16-6-2-1-5-15(16)13-20-17-7-3-4-8-18(17)24(21)22(14)23(19)20/h1-13,25H. The van der Waals surface area contributed by atoms with Crippen LogP contribution < -0.4 is 0 Å². The summed E-state index contributed by atoms with van der Waals surface area (Å²) in [5, 5.41) is 22.5. The molecule has 0 radical (unpaired) electrons. The molecule has 0 atom stereocenters. The fourth-order valence-electron chi connectivity index (χ4n) is 4.43. The molecule has 0 bridgehead atoms. The molecule has 6 aromatic rings. The molecule has 0 aliphatic rings. The highest BCUT2D eigenvalue weighted by Gasteiger charge is 2.16. The Balaban J connectivity index is 2.12. The average molecular weight is 318 g/mol. The molecule has 6 rings (SSSR count). The zero-order valence-electron chi connectivity index (χ0n) is 13.5. The van der Waals surface area contributed by atoms with Crippen molar-refractivity contribution < 1.29 is 5.11 Å². The van der Waals surface area contributed by atoms with Crippen molar-refractivity contribution in [2.75, 3.05) is 0 Å². The van der Waals surface area contributed by atoms with E-state index in [9.17, 15) is 5.11 Å². The molecule has 0 unspecified atom stereocenters. The molecule has 0 heterocycles. The van der Waals surface area contributed by atoms with Crippen LogP contribution in [0.15, 0.2) is 78.9 Å². The predicted molar refractivity (Wildman–Crippen MR) is 107 cm³/mol. The topological polar surface area (TPSA) is 20.2 Å². The Morgan fingerprint density at radius 2 is 1.12 bits per heavy atom. The van der Waals surface area contributed by atoms with Gasteiger partial charge in [0.25, 0.3) is 0 Å². The number of aromatic hydroxyl groups is 1. The van der Waals surface area contributed by atoms with Crippen LogP contribution in [0.25, 0.3) is 53.9 Å². The summed E-state index contributed by atoms with van der Waals surface area (Å²) in [6, 6.07) is 27.4. The van der Waals surface area contributed by atoms with E-state index in [1.807, 2.05) is 18.2 Å². The van der Waals surface area contributed by atoms with Crippen molar-refractivity contribution in [3.05, 3.63) is 78.9 Å². The van der Waals surface area contributed by atoms with Crippen molar-refractivity contribution in [1.82, 2.24) is 0 Å². The van der Waals surface area contributed by atoms with Crippen LogP contribution in [0.4, 0.5) is 0 Å². The molecule has 0 aliphatic heterocycles. The van der Waals surface area contributed by atoms with E-state index in [-0.39, 0.29) is 0 Å². The van der Waals surface area contributed by atoms with Crippen LogP contribution in [0.5, 0.6) is 5.75 Å². The molecule has 0 saturated carbocycles. The zero-order valence-corrected chi connectivity index (χ0v) is 13.5. The molecular formula is C24H14O. The molecule has 1 nitrogen and oxygen atoms in total. The highest BCUT2D eigenvalue weighted by atomic mass is 16.3. The Morgan fingerprint density at radius 3 is 2.00 bits per heavy atom. The third kappa shape index (κ3) is 1.53. The van der Waals surface area contributed by atoms with Gasteiger partial charge in [-0.1, -0.05) is 66.7 Å². The Morgan fingerprint density at radius 1 is 0.440 bits per heavy atom. The first-order valence-electron chi connectivity index (χ1n) is 8.53. The number of hydrogen-bond acceptors (Lipinski definition) is 1. The first kappa shape index (κ1) is 13.0. The quantitative estimate of drug-likeness (QED) is 0.247. The van der Waals surface area contributed by atoms with Gasteiger partial charge in [0.15, 0.2) is 0 Å². The van der Waals surface area contributed by atoms with Gasteiger partial charge in [-0.05, 0) is 55.2 Å². The molecule has 1 heteroatoms. The zero-order chi connectivity index (χ0) is 16.5. The summed E-state index contributed by atoms with van der Waals surface area (Å²) in [5.41, 5.74) is 0. The van der Waals surface area contributed by atoms with E-state index in [1.165, 1.54) is 37.7 Å². The van der Waals surface area contributed by atoms with Crippen molar-refractivity contribution >= 4 is 53.9 Å². The van der Waals surface area contributed by atoms with Crippen molar-refractivity contribution in [1.29, 1.82) is 0 Å². The highest BCUT2D eigenvalue weighted by Crippen LogP contribution is 2.45. The van der Waals surface area contributed by atoms with Crippen LogP contribution in [0.2, 0.25) is 0 Å².